The average Bonchev–Trinajstić information content (AvgIpc) is 3.38. The molecular formula is C47H35N. The summed E-state index contributed by atoms with van der Waals surface area (Å²) in [6.45, 7) is 4.71. The van der Waals surface area contributed by atoms with E-state index in [1.807, 2.05) is 0 Å². The molecule has 9 rings (SSSR count). The summed E-state index contributed by atoms with van der Waals surface area (Å²) in [7, 11) is 0. The van der Waals surface area contributed by atoms with Crippen molar-refractivity contribution in [2.75, 3.05) is 4.90 Å². The molecule has 0 saturated heterocycles. The van der Waals surface area contributed by atoms with Gasteiger partial charge in [-0.1, -0.05) is 159 Å². The molecule has 0 N–H and O–H groups in total. The average molecular weight is 614 g/mol. The Morgan fingerprint density at radius 3 is 1.77 bits per heavy atom. The van der Waals surface area contributed by atoms with E-state index in [4.69, 9.17) is 0 Å². The van der Waals surface area contributed by atoms with Crippen molar-refractivity contribution in [2.45, 2.75) is 19.3 Å². The highest BCUT2D eigenvalue weighted by molar-refractivity contribution is 6.06. The van der Waals surface area contributed by atoms with Gasteiger partial charge in [0.15, 0.2) is 0 Å². The minimum Gasteiger partial charge on any atom is -0.310 e. The zero-order valence-corrected chi connectivity index (χ0v) is 27.2. The third kappa shape index (κ3) is 4.47. The summed E-state index contributed by atoms with van der Waals surface area (Å²) in [5, 5.41) is 4.99. The molecule has 0 bridgehead atoms. The molecule has 0 aliphatic heterocycles. The Kier molecular flexibility index (Phi) is 6.55. The van der Waals surface area contributed by atoms with Gasteiger partial charge in [-0.15, -0.1) is 0 Å². The van der Waals surface area contributed by atoms with E-state index in [1.165, 1.54) is 66.1 Å². The third-order valence-corrected chi connectivity index (χ3v) is 10.3. The Bertz CT molecular complexity index is 2460. The molecule has 228 valence electrons. The van der Waals surface area contributed by atoms with Crippen molar-refractivity contribution in [1.82, 2.24) is 0 Å². The zero-order valence-electron chi connectivity index (χ0n) is 27.2. The van der Waals surface area contributed by atoms with E-state index in [9.17, 15) is 0 Å². The molecule has 0 saturated carbocycles. The topological polar surface area (TPSA) is 3.24 Å². The first kappa shape index (κ1) is 28.3. The van der Waals surface area contributed by atoms with Crippen molar-refractivity contribution in [3.8, 4) is 33.4 Å². The minimum absolute atomic E-state index is 0.0922. The van der Waals surface area contributed by atoms with Gasteiger partial charge in [-0.2, -0.15) is 0 Å². The first-order valence-corrected chi connectivity index (χ1v) is 16.8. The van der Waals surface area contributed by atoms with Crippen molar-refractivity contribution in [3.63, 3.8) is 0 Å². The first-order valence-electron chi connectivity index (χ1n) is 16.8. The number of anilines is 3. The molecule has 48 heavy (non-hydrogen) atoms. The van der Waals surface area contributed by atoms with Crippen LogP contribution in [0.15, 0.2) is 176 Å². The molecule has 1 heteroatoms. The van der Waals surface area contributed by atoms with Crippen LogP contribution in [0, 0.1) is 0 Å². The maximum absolute atomic E-state index is 2.45. The van der Waals surface area contributed by atoms with Crippen LogP contribution in [0.25, 0.3) is 54.9 Å². The SMILES string of the molecule is CC1(C)c2ccccc2-c2ccc(N(c3ccc(-c4cccc5ccccc45)cc3)c3ccc(-c4ccccc4)c4ccccc34)cc21. The van der Waals surface area contributed by atoms with E-state index in [0.29, 0.717) is 0 Å². The van der Waals surface area contributed by atoms with Crippen LogP contribution in [0.3, 0.4) is 0 Å². The standard InChI is InChI=1S/C47H35N/c1-47(2)44-22-11-10-19-41(44)42-28-27-36(31-45(42)47)48(35-25-23-34(24-26-35)38-21-12-16-33-15-6-7-17-37(33)38)46-30-29-39(32-13-4-3-5-14-32)40-18-8-9-20-43(40)46/h3-31H,1-2H3. The number of fused-ring (bicyclic) bond motifs is 5. The Morgan fingerprint density at radius 2 is 0.938 bits per heavy atom. The molecule has 0 heterocycles. The molecule has 0 amide bonds. The lowest BCUT2D eigenvalue weighted by Crippen LogP contribution is -2.16. The van der Waals surface area contributed by atoms with Gasteiger partial charge in [0.25, 0.3) is 0 Å². The van der Waals surface area contributed by atoms with Crippen LogP contribution in [0.4, 0.5) is 17.1 Å². The molecule has 1 aliphatic carbocycles. The maximum atomic E-state index is 2.45. The van der Waals surface area contributed by atoms with Crippen LogP contribution in [-0.2, 0) is 5.41 Å². The minimum atomic E-state index is -0.0922. The van der Waals surface area contributed by atoms with E-state index >= 15 is 0 Å². The first-order chi connectivity index (χ1) is 23.6. The van der Waals surface area contributed by atoms with Crippen molar-refractivity contribution < 1.29 is 0 Å². The van der Waals surface area contributed by atoms with Crippen LogP contribution in [0.1, 0.15) is 25.0 Å². The van der Waals surface area contributed by atoms with Crippen LogP contribution in [0.5, 0.6) is 0 Å². The molecule has 1 aliphatic rings. The van der Waals surface area contributed by atoms with Gasteiger partial charge in [-0.25, -0.2) is 0 Å². The number of benzene rings is 8. The van der Waals surface area contributed by atoms with Crippen molar-refractivity contribution in [1.29, 1.82) is 0 Å². The van der Waals surface area contributed by atoms with E-state index < -0.39 is 0 Å². The third-order valence-electron chi connectivity index (χ3n) is 10.3. The smallest absolute Gasteiger partial charge is 0.0540 e. The second-order valence-electron chi connectivity index (χ2n) is 13.4. The van der Waals surface area contributed by atoms with Crippen molar-refractivity contribution >= 4 is 38.6 Å². The zero-order chi connectivity index (χ0) is 32.2. The number of hydrogen-bond acceptors (Lipinski definition) is 1. The van der Waals surface area contributed by atoms with Gasteiger partial charge >= 0.3 is 0 Å². The predicted octanol–water partition coefficient (Wildman–Crippen LogP) is 13.1. The predicted molar refractivity (Wildman–Crippen MR) is 205 cm³/mol. The summed E-state index contributed by atoms with van der Waals surface area (Å²) in [5.74, 6) is 0. The summed E-state index contributed by atoms with van der Waals surface area (Å²) in [6.07, 6.45) is 0. The molecule has 0 atom stereocenters. The largest absolute Gasteiger partial charge is 0.310 e. The van der Waals surface area contributed by atoms with Gasteiger partial charge in [0.2, 0.25) is 0 Å². The second-order valence-corrected chi connectivity index (χ2v) is 13.4. The Balaban J connectivity index is 1.24. The molecule has 0 aromatic heterocycles. The summed E-state index contributed by atoms with van der Waals surface area (Å²) in [6, 6.07) is 64.4. The Morgan fingerprint density at radius 1 is 0.375 bits per heavy atom. The summed E-state index contributed by atoms with van der Waals surface area (Å²) < 4.78 is 0. The van der Waals surface area contributed by atoms with Crippen molar-refractivity contribution in [3.05, 3.63) is 187 Å². The van der Waals surface area contributed by atoms with Crippen LogP contribution >= 0.6 is 0 Å². The molecular weight excluding hydrogens is 579 g/mol. The summed E-state index contributed by atoms with van der Waals surface area (Å²) in [5.41, 5.74) is 13.7. The fraction of sp³-hybridized carbons (Fsp3) is 0.0638. The van der Waals surface area contributed by atoms with Gasteiger partial charge in [-0.3, -0.25) is 0 Å². The summed E-state index contributed by atoms with van der Waals surface area (Å²) in [4.78, 5) is 2.45. The van der Waals surface area contributed by atoms with E-state index in [2.05, 4.69) is 195 Å². The lowest BCUT2D eigenvalue weighted by Gasteiger charge is -2.29. The van der Waals surface area contributed by atoms with Gasteiger partial charge in [0, 0.05) is 22.2 Å². The molecule has 8 aromatic carbocycles. The molecule has 0 unspecified atom stereocenters. The van der Waals surface area contributed by atoms with Gasteiger partial charge < -0.3 is 4.90 Å². The molecule has 0 radical (unpaired) electrons. The highest BCUT2D eigenvalue weighted by Crippen LogP contribution is 2.51. The fourth-order valence-electron chi connectivity index (χ4n) is 7.87. The normalized spacial score (nSPS) is 13.0. The summed E-state index contributed by atoms with van der Waals surface area (Å²) >= 11 is 0. The van der Waals surface area contributed by atoms with E-state index in [-0.39, 0.29) is 5.41 Å². The van der Waals surface area contributed by atoms with Crippen molar-refractivity contribution in [2.24, 2.45) is 0 Å². The number of rotatable bonds is 5. The highest BCUT2D eigenvalue weighted by Gasteiger charge is 2.35. The second kappa shape index (κ2) is 11.1. The van der Waals surface area contributed by atoms with E-state index in [1.54, 1.807) is 0 Å². The Hall–Kier alpha value is -5.92. The highest BCUT2D eigenvalue weighted by atomic mass is 15.1. The molecule has 0 spiro atoms. The van der Waals surface area contributed by atoms with Crippen LogP contribution in [-0.4, -0.2) is 0 Å². The number of nitrogens with zero attached hydrogens (tertiary/aromatic N) is 1. The van der Waals surface area contributed by atoms with Gasteiger partial charge in [-0.05, 0) is 91.0 Å². The quantitative estimate of drug-likeness (QED) is 0.187. The molecule has 0 fully saturated rings. The monoisotopic (exact) mass is 613 g/mol. The molecule has 8 aromatic rings. The Labute approximate surface area is 282 Å². The van der Waals surface area contributed by atoms with Gasteiger partial charge in [0.1, 0.15) is 0 Å². The number of hydrogen-bond donors (Lipinski definition) is 0. The molecule has 1 nitrogen and oxygen atoms in total. The van der Waals surface area contributed by atoms with E-state index in [0.717, 1.165) is 17.1 Å². The van der Waals surface area contributed by atoms with Crippen LogP contribution in [0.2, 0.25) is 0 Å². The lowest BCUT2D eigenvalue weighted by molar-refractivity contribution is 0.660. The lowest BCUT2D eigenvalue weighted by atomic mass is 9.82. The fourth-order valence-corrected chi connectivity index (χ4v) is 7.87. The maximum Gasteiger partial charge on any atom is 0.0540 e. The van der Waals surface area contributed by atoms with Gasteiger partial charge in [0.05, 0.1) is 5.69 Å². The van der Waals surface area contributed by atoms with Crippen LogP contribution < -0.4 is 4.90 Å².